The fourth-order valence-electron chi connectivity index (χ4n) is 3.24. The van der Waals surface area contributed by atoms with E-state index in [0.717, 1.165) is 30.7 Å². The lowest BCUT2D eigenvalue weighted by molar-refractivity contribution is -0.0746. The maximum Gasteiger partial charge on any atom is 0.0847 e. The smallest absolute Gasteiger partial charge is 0.0847 e. The normalized spacial score (nSPS) is 27.6. The van der Waals surface area contributed by atoms with E-state index in [0.29, 0.717) is 10.0 Å². The molecule has 1 aliphatic rings. The van der Waals surface area contributed by atoms with Crippen LogP contribution in [0, 0.1) is 5.92 Å². The Kier molecular flexibility index (Phi) is 5.92. The van der Waals surface area contributed by atoms with Gasteiger partial charge in [0.25, 0.3) is 0 Å². The molecule has 3 N–H and O–H groups in total. The summed E-state index contributed by atoms with van der Waals surface area (Å²) in [7, 11) is 1.79. The largest absolute Gasteiger partial charge is 0.377 e. The Morgan fingerprint density at radius 3 is 2.52 bits per heavy atom. The van der Waals surface area contributed by atoms with Crippen molar-refractivity contribution < 1.29 is 4.74 Å². The van der Waals surface area contributed by atoms with Crippen LogP contribution in [0.5, 0.6) is 0 Å². The molecule has 1 saturated carbocycles. The van der Waals surface area contributed by atoms with Gasteiger partial charge in [0.15, 0.2) is 0 Å². The Hall–Kier alpha value is -0.320. The molecule has 1 atom stereocenters. The molecule has 0 heterocycles. The van der Waals surface area contributed by atoms with Crippen molar-refractivity contribution in [3.63, 3.8) is 0 Å². The van der Waals surface area contributed by atoms with Gasteiger partial charge in [-0.3, -0.25) is 11.3 Å². The van der Waals surface area contributed by atoms with Gasteiger partial charge in [-0.05, 0) is 55.7 Å². The molecule has 1 unspecified atom stereocenters. The molecule has 0 spiro atoms. The van der Waals surface area contributed by atoms with Crippen LogP contribution in [0.25, 0.3) is 0 Å². The third-order valence-corrected chi connectivity index (χ3v) is 5.53. The Bertz CT molecular complexity index is 473. The highest BCUT2D eigenvalue weighted by atomic mass is 35.5. The lowest BCUT2D eigenvalue weighted by Crippen LogP contribution is -2.57. The van der Waals surface area contributed by atoms with E-state index in [1.807, 2.05) is 18.2 Å². The van der Waals surface area contributed by atoms with E-state index >= 15 is 0 Å². The van der Waals surface area contributed by atoms with Crippen molar-refractivity contribution in [2.75, 3.05) is 7.11 Å². The summed E-state index contributed by atoms with van der Waals surface area (Å²) in [6.45, 7) is 2.30. The summed E-state index contributed by atoms with van der Waals surface area (Å²) < 4.78 is 5.90. The second-order valence-electron chi connectivity index (χ2n) is 6.12. The molecule has 0 saturated heterocycles. The van der Waals surface area contributed by atoms with Gasteiger partial charge in [-0.1, -0.05) is 36.2 Å². The molecule has 0 aliphatic heterocycles. The van der Waals surface area contributed by atoms with E-state index in [4.69, 9.17) is 33.8 Å². The number of hydrazine groups is 1. The lowest BCUT2D eigenvalue weighted by atomic mass is 9.74. The van der Waals surface area contributed by atoms with Crippen molar-refractivity contribution >= 4 is 23.2 Å². The van der Waals surface area contributed by atoms with E-state index in [2.05, 4.69) is 12.3 Å². The molecule has 0 radical (unpaired) electrons. The average molecular weight is 331 g/mol. The Morgan fingerprint density at radius 1 is 1.33 bits per heavy atom. The van der Waals surface area contributed by atoms with Gasteiger partial charge in [0.05, 0.1) is 21.7 Å². The number of hydrogen-bond donors (Lipinski definition) is 2. The number of benzene rings is 1. The Morgan fingerprint density at radius 2 is 2.00 bits per heavy atom. The molecule has 1 fully saturated rings. The third kappa shape index (κ3) is 3.91. The zero-order valence-electron chi connectivity index (χ0n) is 12.7. The molecule has 0 aromatic heterocycles. The maximum absolute atomic E-state index is 6.10. The van der Waals surface area contributed by atoms with Crippen molar-refractivity contribution in [1.29, 1.82) is 0 Å². The lowest BCUT2D eigenvalue weighted by Gasteiger charge is -2.44. The van der Waals surface area contributed by atoms with Gasteiger partial charge < -0.3 is 4.74 Å². The quantitative estimate of drug-likeness (QED) is 0.634. The SMILES string of the molecule is COC1(C(Cc2ccc(Cl)c(Cl)c2)NN)CCC(C)CC1. The molecular weight excluding hydrogens is 307 g/mol. The molecule has 118 valence electrons. The van der Waals surface area contributed by atoms with Crippen molar-refractivity contribution in [3.05, 3.63) is 33.8 Å². The molecular formula is C16H24Cl2N2O. The topological polar surface area (TPSA) is 47.3 Å². The molecule has 3 nitrogen and oxygen atoms in total. The number of hydrogen-bond acceptors (Lipinski definition) is 3. The monoisotopic (exact) mass is 330 g/mol. The minimum absolute atomic E-state index is 0.0623. The second kappa shape index (κ2) is 7.30. The highest BCUT2D eigenvalue weighted by Gasteiger charge is 2.41. The predicted molar refractivity (Wildman–Crippen MR) is 88.6 cm³/mol. The summed E-state index contributed by atoms with van der Waals surface area (Å²) in [6, 6.07) is 5.79. The van der Waals surface area contributed by atoms with Crippen LogP contribution < -0.4 is 11.3 Å². The van der Waals surface area contributed by atoms with Crippen LogP contribution in [0.1, 0.15) is 38.2 Å². The highest BCUT2D eigenvalue weighted by Crippen LogP contribution is 2.38. The zero-order chi connectivity index (χ0) is 15.5. The molecule has 5 heteroatoms. The van der Waals surface area contributed by atoms with E-state index in [1.165, 1.54) is 12.8 Å². The minimum Gasteiger partial charge on any atom is -0.377 e. The predicted octanol–water partition coefficient (Wildman–Crippen LogP) is 3.96. The maximum atomic E-state index is 6.10. The fraction of sp³-hybridized carbons (Fsp3) is 0.625. The number of ether oxygens (including phenoxy) is 1. The van der Waals surface area contributed by atoms with Crippen LogP contribution in [0.4, 0.5) is 0 Å². The van der Waals surface area contributed by atoms with E-state index in [-0.39, 0.29) is 11.6 Å². The second-order valence-corrected chi connectivity index (χ2v) is 6.94. The van der Waals surface area contributed by atoms with Crippen molar-refractivity contribution in [3.8, 4) is 0 Å². The van der Waals surface area contributed by atoms with Crippen LogP contribution in [0.3, 0.4) is 0 Å². The van der Waals surface area contributed by atoms with Crippen LogP contribution in [-0.2, 0) is 11.2 Å². The summed E-state index contributed by atoms with van der Waals surface area (Å²) in [5, 5.41) is 1.15. The summed E-state index contributed by atoms with van der Waals surface area (Å²) in [6.07, 6.45) is 5.18. The molecule has 2 rings (SSSR count). The first kappa shape index (κ1) is 17.0. The summed E-state index contributed by atoms with van der Waals surface area (Å²) in [5.41, 5.74) is 3.87. The number of methoxy groups -OCH3 is 1. The van der Waals surface area contributed by atoms with Crippen molar-refractivity contribution in [1.82, 2.24) is 5.43 Å². The van der Waals surface area contributed by atoms with Crippen LogP contribution in [0.15, 0.2) is 18.2 Å². The number of rotatable bonds is 5. The van der Waals surface area contributed by atoms with Crippen molar-refractivity contribution in [2.24, 2.45) is 11.8 Å². The Labute approximate surface area is 137 Å². The molecule has 1 aliphatic carbocycles. The van der Waals surface area contributed by atoms with Gasteiger partial charge >= 0.3 is 0 Å². The van der Waals surface area contributed by atoms with Crippen molar-refractivity contribution in [2.45, 2.75) is 50.7 Å². The van der Waals surface area contributed by atoms with Crippen LogP contribution in [0.2, 0.25) is 10.0 Å². The van der Waals surface area contributed by atoms with E-state index < -0.39 is 0 Å². The number of halogens is 2. The number of nitrogens with one attached hydrogen (secondary N) is 1. The van der Waals surface area contributed by atoms with E-state index in [1.54, 1.807) is 7.11 Å². The summed E-state index contributed by atoms with van der Waals surface area (Å²) >= 11 is 12.1. The third-order valence-electron chi connectivity index (χ3n) is 4.79. The first-order valence-electron chi connectivity index (χ1n) is 7.46. The first-order valence-corrected chi connectivity index (χ1v) is 8.21. The standard InChI is InChI=1S/C16H24Cl2N2O/c1-11-5-7-16(21-2,8-6-11)15(20-19)10-12-3-4-13(17)14(18)9-12/h3-4,9,11,15,20H,5-8,10,19H2,1-2H3. The molecule has 1 aromatic rings. The number of nitrogens with two attached hydrogens (primary N) is 1. The van der Waals surface area contributed by atoms with Gasteiger partial charge in [-0.2, -0.15) is 0 Å². The van der Waals surface area contributed by atoms with Gasteiger partial charge in [-0.25, -0.2) is 0 Å². The molecule has 0 amide bonds. The van der Waals surface area contributed by atoms with Gasteiger partial charge in [0, 0.05) is 7.11 Å². The molecule has 1 aromatic carbocycles. The fourth-order valence-corrected chi connectivity index (χ4v) is 3.57. The molecule has 21 heavy (non-hydrogen) atoms. The zero-order valence-corrected chi connectivity index (χ0v) is 14.2. The highest BCUT2D eigenvalue weighted by molar-refractivity contribution is 6.42. The van der Waals surface area contributed by atoms with Gasteiger partial charge in [0.2, 0.25) is 0 Å². The first-order chi connectivity index (χ1) is 10.0. The Balaban J connectivity index is 2.15. The van der Waals surface area contributed by atoms with Crippen LogP contribution >= 0.6 is 23.2 Å². The van der Waals surface area contributed by atoms with Crippen LogP contribution in [-0.4, -0.2) is 18.8 Å². The summed E-state index contributed by atoms with van der Waals surface area (Å²) in [4.78, 5) is 0. The average Bonchev–Trinajstić information content (AvgIpc) is 2.50. The minimum atomic E-state index is -0.201. The molecule has 0 bridgehead atoms. The summed E-state index contributed by atoms with van der Waals surface area (Å²) in [5.74, 6) is 6.59. The van der Waals surface area contributed by atoms with Gasteiger partial charge in [0.1, 0.15) is 0 Å². The van der Waals surface area contributed by atoms with E-state index in [9.17, 15) is 0 Å². The van der Waals surface area contributed by atoms with Gasteiger partial charge in [-0.15, -0.1) is 0 Å².